The number of anilines is 1. The van der Waals surface area contributed by atoms with Crippen LogP contribution in [-0.2, 0) is 0 Å². The van der Waals surface area contributed by atoms with Crippen LogP contribution in [0.15, 0.2) is 36.4 Å². The second kappa shape index (κ2) is 7.46. The Kier molecular flexibility index (Phi) is 4.85. The summed E-state index contributed by atoms with van der Waals surface area (Å²) in [4.78, 5) is 25.3. The number of hydrogen-bond donors (Lipinski definition) is 1. The van der Waals surface area contributed by atoms with Crippen molar-refractivity contribution in [1.82, 2.24) is 4.90 Å². The highest BCUT2D eigenvalue weighted by molar-refractivity contribution is 5.99. The predicted molar refractivity (Wildman–Crippen MR) is 101 cm³/mol. The van der Waals surface area contributed by atoms with Crippen LogP contribution in [0.2, 0.25) is 0 Å². The maximum Gasteiger partial charge on any atom is 0.282 e. The molecule has 1 N–H and O–H groups in total. The molecule has 0 aromatic heterocycles. The molecule has 28 heavy (non-hydrogen) atoms. The summed E-state index contributed by atoms with van der Waals surface area (Å²) in [7, 11) is 0. The van der Waals surface area contributed by atoms with E-state index >= 15 is 0 Å². The highest BCUT2D eigenvalue weighted by Gasteiger charge is 2.28. The molecule has 1 fully saturated rings. The number of hydrogen-bond acceptors (Lipinski definition) is 5. The van der Waals surface area contributed by atoms with Crippen LogP contribution in [0.1, 0.15) is 41.2 Å². The second-order valence-electron chi connectivity index (χ2n) is 6.98. The van der Waals surface area contributed by atoms with Gasteiger partial charge in [0.1, 0.15) is 5.56 Å². The van der Waals surface area contributed by atoms with E-state index in [1.54, 1.807) is 23.1 Å². The number of carbonyl (C=O) groups is 1. The number of amides is 1. The van der Waals surface area contributed by atoms with Crippen molar-refractivity contribution in [3.63, 3.8) is 0 Å². The van der Waals surface area contributed by atoms with E-state index in [-0.39, 0.29) is 28.9 Å². The van der Waals surface area contributed by atoms with Crippen molar-refractivity contribution in [3.8, 4) is 5.75 Å². The maximum absolute atomic E-state index is 14.0. The topological polar surface area (TPSA) is 84.7 Å². The van der Waals surface area contributed by atoms with Crippen LogP contribution in [0.3, 0.4) is 0 Å². The van der Waals surface area contributed by atoms with Crippen molar-refractivity contribution in [2.24, 2.45) is 0 Å². The average molecular weight is 385 g/mol. The number of halogens is 1. The third-order valence-corrected chi connectivity index (χ3v) is 5.18. The first-order chi connectivity index (χ1) is 13.5. The lowest BCUT2D eigenvalue weighted by Crippen LogP contribution is -2.28. The van der Waals surface area contributed by atoms with Gasteiger partial charge in [-0.05, 0) is 31.0 Å². The van der Waals surface area contributed by atoms with E-state index in [1.807, 2.05) is 0 Å². The molecule has 0 saturated carbocycles. The SMILES string of the molecule is O=C(c1cc(N[C@H]2CCOc3c(F)cccc32)ccc1[N+](=O)[O-])N1CCCC1. The molecule has 1 atom stereocenters. The molecule has 2 aromatic carbocycles. The van der Waals surface area contributed by atoms with Gasteiger partial charge in [0.15, 0.2) is 11.6 Å². The van der Waals surface area contributed by atoms with Gasteiger partial charge in [-0.3, -0.25) is 14.9 Å². The number of likely N-dealkylation sites (tertiary alicyclic amines) is 1. The smallest absolute Gasteiger partial charge is 0.282 e. The monoisotopic (exact) mass is 385 g/mol. The minimum Gasteiger partial charge on any atom is -0.490 e. The van der Waals surface area contributed by atoms with Gasteiger partial charge in [-0.1, -0.05) is 12.1 Å². The molecule has 0 unspecified atom stereocenters. The fourth-order valence-electron chi connectivity index (χ4n) is 3.78. The van der Waals surface area contributed by atoms with E-state index < -0.39 is 10.7 Å². The van der Waals surface area contributed by atoms with Gasteiger partial charge in [-0.15, -0.1) is 0 Å². The van der Waals surface area contributed by atoms with Crippen molar-refractivity contribution in [2.45, 2.75) is 25.3 Å². The molecular weight excluding hydrogens is 365 g/mol. The minimum absolute atomic E-state index is 0.0726. The van der Waals surface area contributed by atoms with E-state index in [4.69, 9.17) is 4.74 Å². The molecule has 8 heteroatoms. The molecule has 4 rings (SSSR count). The minimum atomic E-state index is -0.536. The molecule has 0 spiro atoms. The number of nitro benzene ring substituents is 1. The molecule has 0 aliphatic carbocycles. The van der Waals surface area contributed by atoms with Crippen LogP contribution in [0, 0.1) is 15.9 Å². The highest BCUT2D eigenvalue weighted by atomic mass is 19.1. The zero-order valence-corrected chi connectivity index (χ0v) is 15.2. The first-order valence-electron chi connectivity index (χ1n) is 9.30. The van der Waals surface area contributed by atoms with Crippen LogP contribution < -0.4 is 10.1 Å². The fraction of sp³-hybridized carbons (Fsp3) is 0.350. The zero-order chi connectivity index (χ0) is 19.7. The van der Waals surface area contributed by atoms with E-state index in [2.05, 4.69) is 5.32 Å². The molecule has 2 aliphatic heterocycles. The molecular formula is C20H20FN3O4. The summed E-state index contributed by atoms with van der Waals surface area (Å²) in [6.07, 6.45) is 2.42. The van der Waals surface area contributed by atoms with Gasteiger partial charge in [0.2, 0.25) is 0 Å². The number of nitro groups is 1. The highest BCUT2D eigenvalue weighted by Crippen LogP contribution is 2.37. The van der Waals surface area contributed by atoms with Crippen molar-refractivity contribution in [3.05, 3.63) is 63.5 Å². The number of ether oxygens (including phenoxy) is 1. The van der Waals surface area contributed by atoms with Gasteiger partial charge in [0.25, 0.3) is 11.6 Å². The Hall–Kier alpha value is -3.16. The molecule has 1 saturated heterocycles. The number of nitrogens with zero attached hydrogens (tertiary/aromatic N) is 2. The predicted octanol–water partition coefficient (Wildman–Crippen LogP) is 3.91. The largest absolute Gasteiger partial charge is 0.490 e. The number of para-hydroxylation sites is 1. The average Bonchev–Trinajstić information content (AvgIpc) is 3.23. The second-order valence-corrected chi connectivity index (χ2v) is 6.98. The normalized spacial score (nSPS) is 18.3. The van der Waals surface area contributed by atoms with Gasteiger partial charge in [0, 0.05) is 36.8 Å². The van der Waals surface area contributed by atoms with E-state index in [9.17, 15) is 19.3 Å². The summed E-state index contributed by atoms with van der Waals surface area (Å²) in [6.45, 7) is 1.58. The lowest BCUT2D eigenvalue weighted by molar-refractivity contribution is -0.385. The molecule has 146 valence electrons. The van der Waals surface area contributed by atoms with Crippen LogP contribution in [0.4, 0.5) is 15.8 Å². The number of nitrogens with one attached hydrogen (secondary N) is 1. The maximum atomic E-state index is 14.0. The van der Waals surface area contributed by atoms with Crippen molar-refractivity contribution in [2.75, 3.05) is 25.0 Å². The Morgan fingerprint density at radius 2 is 2.04 bits per heavy atom. The van der Waals surface area contributed by atoms with Crippen LogP contribution in [-0.4, -0.2) is 35.4 Å². The molecule has 0 radical (unpaired) electrons. The lowest BCUT2D eigenvalue weighted by atomic mass is 9.99. The molecule has 1 amide bonds. The Bertz CT molecular complexity index is 928. The van der Waals surface area contributed by atoms with E-state index in [0.717, 1.165) is 12.8 Å². The van der Waals surface area contributed by atoms with Gasteiger partial charge < -0.3 is 15.0 Å². The van der Waals surface area contributed by atoms with Gasteiger partial charge in [-0.25, -0.2) is 4.39 Å². The Morgan fingerprint density at radius 1 is 1.25 bits per heavy atom. The summed E-state index contributed by atoms with van der Waals surface area (Å²) in [5.74, 6) is -0.523. The van der Waals surface area contributed by atoms with Gasteiger partial charge in [-0.2, -0.15) is 0 Å². The number of rotatable bonds is 4. The third-order valence-electron chi connectivity index (χ3n) is 5.18. The quantitative estimate of drug-likeness (QED) is 0.637. The Morgan fingerprint density at radius 3 is 2.79 bits per heavy atom. The Labute approximate surface area is 161 Å². The number of carbonyl (C=O) groups excluding carboxylic acids is 1. The zero-order valence-electron chi connectivity index (χ0n) is 15.2. The summed E-state index contributed by atoms with van der Waals surface area (Å²) >= 11 is 0. The molecule has 2 aliphatic rings. The Balaban J connectivity index is 1.65. The molecule has 2 heterocycles. The molecule has 7 nitrogen and oxygen atoms in total. The van der Waals surface area contributed by atoms with Crippen LogP contribution in [0.25, 0.3) is 0 Å². The lowest BCUT2D eigenvalue weighted by Gasteiger charge is -2.28. The summed E-state index contributed by atoms with van der Waals surface area (Å²) in [6, 6.07) is 8.99. The van der Waals surface area contributed by atoms with Gasteiger partial charge in [0.05, 0.1) is 17.6 Å². The first kappa shape index (κ1) is 18.2. The van der Waals surface area contributed by atoms with E-state index in [1.165, 1.54) is 18.2 Å². The molecule has 0 bridgehead atoms. The van der Waals surface area contributed by atoms with E-state index in [0.29, 0.717) is 37.4 Å². The number of fused-ring (bicyclic) bond motifs is 1. The first-order valence-corrected chi connectivity index (χ1v) is 9.30. The third kappa shape index (κ3) is 3.37. The fourth-order valence-corrected chi connectivity index (χ4v) is 3.78. The standard InChI is InChI=1S/C20H20FN3O4/c21-16-5-3-4-14-17(8-11-28-19(14)16)22-13-6-7-18(24(26)27)15(12-13)20(25)23-9-1-2-10-23/h3-7,12,17,22H,1-2,8-11H2/t17-/m0/s1. The number of benzene rings is 2. The van der Waals surface area contributed by atoms with Crippen LogP contribution in [0.5, 0.6) is 5.75 Å². The summed E-state index contributed by atoms with van der Waals surface area (Å²) < 4.78 is 19.4. The van der Waals surface area contributed by atoms with Gasteiger partial charge >= 0.3 is 0 Å². The summed E-state index contributed by atoms with van der Waals surface area (Å²) in [5.41, 5.74) is 1.14. The summed E-state index contributed by atoms with van der Waals surface area (Å²) in [5, 5.41) is 14.7. The van der Waals surface area contributed by atoms with Crippen molar-refractivity contribution in [1.29, 1.82) is 0 Å². The molecule has 2 aromatic rings. The van der Waals surface area contributed by atoms with Crippen LogP contribution >= 0.6 is 0 Å². The van der Waals surface area contributed by atoms with Crippen molar-refractivity contribution >= 4 is 17.3 Å². The van der Waals surface area contributed by atoms with Crippen molar-refractivity contribution < 1.29 is 18.8 Å².